The van der Waals surface area contributed by atoms with Crippen molar-refractivity contribution in [3.05, 3.63) is 59.5 Å². The summed E-state index contributed by atoms with van der Waals surface area (Å²) in [6.07, 6.45) is -0.319. The molecule has 2 amide bonds. The molecule has 0 radical (unpaired) electrons. The summed E-state index contributed by atoms with van der Waals surface area (Å²) in [6, 6.07) is 16.9. The van der Waals surface area contributed by atoms with Gasteiger partial charge in [-0.25, -0.2) is 9.78 Å². The fourth-order valence-corrected chi connectivity index (χ4v) is 4.81. The van der Waals surface area contributed by atoms with Crippen molar-refractivity contribution >= 4 is 28.5 Å². The minimum Gasteiger partial charge on any atom is -0.457 e. The van der Waals surface area contributed by atoms with Crippen LogP contribution in [0.15, 0.2) is 54.6 Å². The number of hydrogen-bond acceptors (Lipinski definition) is 7. The molecule has 2 aromatic carbocycles. The van der Waals surface area contributed by atoms with Crippen LogP contribution in [0.2, 0.25) is 0 Å². The Balaban J connectivity index is 1.50. The lowest BCUT2D eigenvalue weighted by atomic mass is 10.1. The Hall–Kier alpha value is -3.59. The number of anilines is 1. The molecule has 1 unspecified atom stereocenters. The van der Waals surface area contributed by atoms with Gasteiger partial charge in [-0.15, -0.1) is 0 Å². The molecule has 1 fully saturated rings. The standard InChI is InChI=1S/C26H30N4O4S/c1-17-16-29(14-15-30(17)25(32)34-26(2,3)4)24-28-21(22(35-24)23(27)31)18-10-12-20(13-11-18)33-19-8-6-5-7-9-19/h5-13,17H,14-16H2,1-4H3,(H2,27,31). The zero-order valence-corrected chi connectivity index (χ0v) is 21.2. The summed E-state index contributed by atoms with van der Waals surface area (Å²) in [6.45, 7) is 9.21. The van der Waals surface area contributed by atoms with Crippen molar-refractivity contribution in [2.75, 3.05) is 24.5 Å². The van der Waals surface area contributed by atoms with Gasteiger partial charge in [0.1, 0.15) is 22.0 Å². The number of thiazole rings is 1. The third kappa shape index (κ3) is 5.92. The second-order valence-electron chi connectivity index (χ2n) is 9.45. The number of para-hydroxylation sites is 1. The minimum absolute atomic E-state index is 0.0719. The molecule has 1 aliphatic rings. The molecule has 1 aromatic heterocycles. The van der Waals surface area contributed by atoms with Gasteiger partial charge >= 0.3 is 6.09 Å². The highest BCUT2D eigenvalue weighted by atomic mass is 32.1. The first-order valence-electron chi connectivity index (χ1n) is 11.5. The number of benzene rings is 2. The lowest BCUT2D eigenvalue weighted by Gasteiger charge is -2.40. The molecule has 0 bridgehead atoms. The van der Waals surface area contributed by atoms with Crippen molar-refractivity contribution in [1.82, 2.24) is 9.88 Å². The van der Waals surface area contributed by atoms with E-state index in [1.54, 1.807) is 4.90 Å². The number of nitrogens with zero attached hydrogens (tertiary/aromatic N) is 3. The molecule has 4 rings (SSSR count). The van der Waals surface area contributed by atoms with Crippen molar-refractivity contribution in [2.45, 2.75) is 39.3 Å². The van der Waals surface area contributed by atoms with Crippen LogP contribution in [0.25, 0.3) is 11.3 Å². The number of carbonyl (C=O) groups is 2. The van der Waals surface area contributed by atoms with Crippen molar-refractivity contribution in [3.63, 3.8) is 0 Å². The molecule has 3 aromatic rings. The number of aromatic nitrogens is 1. The van der Waals surface area contributed by atoms with Gasteiger partial charge in [0.15, 0.2) is 5.13 Å². The van der Waals surface area contributed by atoms with E-state index in [0.29, 0.717) is 41.1 Å². The van der Waals surface area contributed by atoms with Gasteiger partial charge in [0.2, 0.25) is 0 Å². The Morgan fingerprint density at radius 1 is 1.03 bits per heavy atom. The van der Waals surface area contributed by atoms with Crippen molar-refractivity contribution in [3.8, 4) is 22.8 Å². The number of carbonyl (C=O) groups excluding carboxylic acids is 2. The zero-order valence-electron chi connectivity index (χ0n) is 20.4. The van der Waals surface area contributed by atoms with E-state index in [-0.39, 0.29) is 12.1 Å². The van der Waals surface area contributed by atoms with Crippen LogP contribution >= 0.6 is 11.3 Å². The average molecular weight is 495 g/mol. The lowest BCUT2D eigenvalue weighted by Crippen LogP contribution is -2.55. The van der Waals surface area contributed by atoms with E-state index < -0.39 is 11.5 Å². The predicted molar refractivity (Wildman–Crippen MR) is 137 cm³/mol. The van der Waals surface area contributed by atoms with E-state index in [9.17, 15) is 9.59 Å². The topological polar surface area (TPSA) is 98.0 Å². The van der Waals surface area contributed by atoms with Crippen molar-refractivity contribution < 1.29 is 19.1 Å². The highest BCUT2D eigenvalue weighted by molar-refractivity contribution is 7.18. The molecule has 2 N–H and O–H groups in total. The summed E-state index contributed by atoms with van der Waals surface area (Å²) in [5.74, 6) is 0.908. The number of ether oxygens (including phenoxy) is 2. The Morgan fingerprint density at radius 2 is 1.69 bits per heavy atom. The van der Waals surface area contributed by atoms with Gasteiger partial charge in [-0.1, -0.05) is 29.5 Å². The van der Waals surface area contributed by atoms with Gasteiger partial charge in [0, 0.05) is 31.2 Å². The van der Waals surface area contributed by atoms with Crippen LogP contribution in [0.5, 0.6) is 11.5 Å². The van der Waals surface area contributed by atoms with E-state index in [0.717, 1.165) is 11.3 Å². The molecule has 8 nitrogen and oxygen atoms in total. The third-order valence-electron chi connectivity index (χ3n) is 5.47. The van der Waals surface area contributed by atoms with Crippen molar-refractivity contribution in [1.29, 1.82) is 0 Å². The summed E-state index contributed by atoms with van der Waals surface area (Å²) in [7, 11) is 0. The second-order valence-corrected chi connectivity index (χ2v) is 10.4. The van der Waals surface area contributed by atoms with Gasteiger partial charge in [0.05, 0.1) is 5.69 Å². The molecular formula is C26H30N4O4S. The largest absolute Gasteiger partial charge is 0.457 e. The molecule has 0 spiro atoms. The highest BCUT2D eigenvalue weighted by Gasteiger charge is 2.32. The second kappa shape index (κ2) is 9.95. The number of rotatable bonds is 5. The van der Waals surface area contributed by atoms with Crippen LogP contribution in [0.3, 0.4) is 0 Å². The van der Waals surface area contributed by atoms with E-state index >= 15 is 0 Å². The summed E-state index contributed by atoms with van der Waals surface area (Å²) >= 11 is 1.27. The predicted octanol–water partition coefficient (Wildman–Crippen LogP) is 5.15. The summed E-state index contributed by atoms with van der Waals surface area (Å²) in [5, 5.41) is 0.703. The molecule has 1 aliphatic heterocycles. The van der Waals surface area contributed by atoms with Crippen LogP contribution in [0.1, 0.15) is 37.4 Å². The molecule has 184 valence electrons. The third-order valence-corrected chi connectivity index (χ3v) is 6.60. The number of hydrogen-bond donors (Lipinski definition) is 1. The Labute approximate surface area is 209 Å². The number of primary amides is 1. The first-order chi connectivity index (χ1) is 16.6. The average Bonchev–Trinajstić information content (AvgIpc) is 3.25. The van der Waals surface area contributed by atoms with Crippen LogP contribution in [-0.4, -0.2) is 53.2 Å². The molecule has 0 saturated carbocycles. The van der Waals surface area contributed by atoms with Gasteiger partial charge in [-0.2, -0.15) is 0 Å². The number of nitrogens with two attached hydrogens (primary N) is 1. The van der Waals surface area contributed by atoms with Crippen molar-refractivity contribution in [2.24, 2.45) is 5.73 Å². The van der Waals surface area contributed by atoms with Crippen LogP contribution in [0.4, 0.5) is 9.93 Å². The maximum Gasteiger partial charge on any atom is 0.410 e. The van der Waals surface area contributed by atoms with Crippen LogP contribution < -0.4 is 15.4 Å². The number of amides is 2. The zero-order chi connectivity index (χ0) is 25.2. The molecule has 2 heterocycles. The van der Waals surface area contributed by atoms with Crippen LogP contribution in [-0.2, 0) is 4.74 Å². The molecule has 1 saturated heterocycles. The van der Waals surface area contributed by atoms with E-state index in [2.05, 4.69) is 4.90 Å². The maximum absolute atomic E-state index is 12.5. The Kier molecular flexibility index (Phi) is 6.98. The maximum atomic E-state index is 12.5. The molecule has 0 aliphatic carbocycles. The summed E-state index contributed by atoms with van der Waals surface area (Å²) in [4.78, 5) is 33.7. The van der Waals surface area contributed by atoms with Crippen LogP contribution in [0, 0.1) is 0 Å². The lowest BCUT2D eigenvalue weighted by molar-refractivity contribution is 0.0159. The van der Waals surface area contributed by atoms with Gasteiger partial charge in [0.25, 0.3) is 5.91 Å². The van der Waals surface area contributed by atoms with Gasteiger partial charge < -0.3 is 25.0 Å². The number of piperazine rings is 1. The Bertz CT molecular complexity index is 1190. The Morgan fingerprint density at radius 3 is 2.29 bits per heavy atom. The SMILES string of the molecule is CC1CN(c2nc(-c3ccc(Oc4ccccc4)cc3)c(C(N)=O)s2)CCN1C(=O)OC(C)(C)C. The monoisotopic (exact) mass is 494 g/mol. The van der Waals surface area contributed by atoms with Gasteiger partial charge in [-0.05, 0) is 64.1 Å². The molecular weight excluding hydrogens is 464 g/mol. The quantitative estimate of drug-likeness (QED) is 0.527. The van der Waals surface area contributed by atoms with E-state index in [4.69, 9.17) is 20.2 Å². The first kappa shape index (κ1) is 24.5. The normalized spacial score (nSPS) is 16.2. The van der Waals surface area contributed by atoms with E-state index in [1.807, 2.05) is 82.3 Å². The van der Waals surface area contributed by atoms with Gasteiger partial charge in [-0.3, -0.25) is 4.79 Å². The molecule has 1 atom stereocenters. The summed E-state index contributed by atoms with van der Waals surface area (Å²) < 4.78 is 11.4. The fourth-order valence-electron chi connectivity index (χ4n) is 3.84. The first-order valence-corrected chi connectivity index (χ1v) is 12.3. The summed E-state index contributed by atoms with van der Waals surface area (Å²) in [5.41, 5.74) is 6.48. The fraction of sp³-hybridized carbons (Fsp3) is 0.346. The molecule has 9 heteroatoms. The minimum atomic E-state index is -0.545. The molecule has 35 heavy (non-hydrogen) atoms. The van der Waals surface area contributed by atoms with E-state index in [1.165, 1.54) is 11.3 Å². The smallest absolute Gasteiger partial charge is 0.410 e. The highest BCUT2D eigenvalue weighted by Crippen LogP contribution is 2.35.